The minimum absolute atomic E-state index is 0.0309. The summed E-state index contributed by atoms with van der Waals surface area (Å²) in [6.45, 7) is 23.7. The summed E-state index contributed by atoms with van der Waals surface area (Å²) in [5, 5.41) is 2.24. The van der Waals surface area contributed by atoms with E-state index in [1.165, 1.54) is 5.56 Å². The largest absolute Gasteiger partial charge is 0.457 e. The molecule has 77 heavy (non-hydrogen) atoms. The zero-order valence-corrected chi connectivity index (χ0v) is 46.5. The molecule has 5 aliphatic rings. The van der Waals surface area contributed by atoms with Gasteiger partial charge in [0.1, 0.15) is 17.3 Å². The predicted octanol–water partition coefficient (Wildman–Crippen LogP) is 17.8. The van der Waals surface area contributed by atoms with E-state index in [0.29, 0.717) is 46.5 Å². The van der Waals surface area contributed by atoms with Gasteiger partial charge >= 0.3 is 6.85 Å². The lowest BCUT2D eigenvalue weighted by Gasteiger charge is -2.42. The first-order valence-corrected chi connectivity index (χ1v) is 27.6. The molecular weight excluding hydrogens is 938 g/mol. The molecule has 0 radical (unpaired) electrons. The van der Waals surface area contributed by atoms with Crippen LogP contribution in [0.5, 0.6) is 11.5 Å². The fraction of sp³-hybridized carbons (Fsp3) is 0.300. The zero-order valence-electron chi connectivity index (χ0n) is 52.5. The van der Waals surface area contributed by atoms with Crippen LogP contribution in [0, 0.1) is 0 Å². The molecule has 0 saturated carbocycles. The van der Waals surface area contributed by atoms with Crippen molar-refractivity contribution in [3.05, 3.63) is 221 Å². The number of ether oxygens (including phenoxy) is 1. The average molecular weight is 1020 g/mol. The van der Waals surface area contributed by atoms with Crippen LogP contribution in [-0.2, 0) is 27.1 Å². The maximum Gasteiger partial charge on any atom is 0.338 e. The molecule has 8 aromatic rings. The van der Waals surface area contributed by atoms with Gasteiger partial charge in [-0.3, -0.25) is 4.57 Å². The standard InChI is InChI=1S/C70H72BN5O/c1-66(2,3)49-29-36-72-64(41-49)76-60-20-13-12-19-54(60)55-26-25-52(43-63(55)76)77-51-18-16-17-50(42-51)74-45-75(62-22-15-14-21-61(62)74)65-53(47-24-28-57-59(40-47)70(10,11)35-33-68(57,6)7)31-38-73-37-30-48(44-71(65)73)46-23-27-56-58(39-46)69(8,9)34-32-67(56,4)5/h12-31,36-44H,32-35,45H2,1-11H3/i23D,24D,27D,28D,39D,40D. The lowest BCUT2D eigenvalue weighted by molar-refractivity contribution is 0.332. The summed E-state index contributed by atoms with van der Waals surface area (Å²) < 4.78 is 68.5. The van der Waals surface area contributed by atoms with Gasteiger partial charge in [-0.2, -0.15) is 0 Å². The van der Waals surface area contributed by atoms with E-state index in [2.05, 4.69) is 174 Å². The van der Waals surface area contributed by atoms with Gasteiger partial charge in [-0.25, -0.2) is 4.98 Å². The Labute approximate surface area is 465 Å². The van der Waals surface area contributed by atoms with Gasteiger partial charge < -0.3 is 19.3 Å². The number of anilines is 3. The molecule has 0 spiro atoms. The maximum absolute atomic E-state index is 10.3. The number of benzene rings is 6. The highest BCUT2D eigenvalue weighted by Crippen LogP contribution is 2.51. The first-order valence-electron chi connectivity index (χ1n) is 30.6. The van der Waals surface area contributed by atoms with E-state index in [1.807, 2.05) is 61.1 Å². The van der Waals surface area contributed by atoms with Crippen molar-refractivity contribution in [2.45, 2.75) is 129 Å². The van der Waals surface area contributed by atoms with Crippen LogP contribution in [0.3, 0.4) is 0 Å². The smallest absolute Gasteiger partial charge is 0.338 e. The molecule has 0 atom stereocenters. The number of para-hydroxylation sites is 3. The van der Waals surface area contributed by atoms with Gasteiger partial charge in [-0.05, 0) is 182 Å². The molecule has 0 saturated heterocycles. The highest BCUT2D eigenvalue weighted by molar-refractivity contribution is 6.73. The number of rotatable bonds is 7. The summed E-state index contributed by atoms with van der Waals surface area (Å²) in [6, 6.07) is 36.5. The molecule has 0 N–H and O–H groups in total. The third-order valence-corrected chi connectivity index (χ3v) is 17.6. The summed E-state index contributed by atoms with van der Waals surface area (Å²) in [6.07, 6.45) is 13.3. The lowest BCUT2D eigenvalue weighted by atomic mass is 9.51. The number of aromatic nitrogens is 2. The Morgan fingerprint density at radius 1 is 0.584 bits per heavy atom. The van der Waals surface area contributed by atoms with Gasteiger partial charge in [0.2, 0.25) is 0 Å². The van der Waals surface area contributed by atoms with E-state index in [4.69, 9.17) is 9.72 Å². The highest BCUT2D eigenvalue weighted by atomic mass is 16.5. The van der Waals surface area contributed by atoms with Crippen LogP contribution in [0.1, 0.15) is 149 Å². The number of allylic oxidation sites excluding steroid dienone is 4. The molecule has 2 aromatic heterocycles. The number of nitrogens with zero attached hydrogens (tertiary/aromatic N) is 5. The molecule has 6 aromatic carbocycles. The molecule has 386 valence electrons. The van der Waals surface area contributed by atoms with Crippen molar-refractivity contribution in [3.8, 4) is 17.3 Å². The topological polar surface area (TPSA) is 36.8 Å². The van der Waals surface area contributed by atoms with E-state index in [0.717, 1.165) is 98.2 Å². The van der Waals surface area contributed by atoms with Crippen molar-refractivity contribution in [1.82, 2.24) is 14.4 Å². The van der Waals surface area contributed by atoms with Crippen LogP contribution in [0.2, 0.25) is 0 Å². The third-order valence-electron chi connectivity index (χ3n) is 17.6. The number of pyridine rings is 1. The minimum Gasteiger partial charge on any atom is -0.457 e. The first-order chi connectivity index (χ1) is 39.3. The van der Waals surface area contributed by atoms with Crippen molar-refractivity contribution in [3.63, 3.8) is 0 Å². The van der Waals surface area contributed by atoms with Gasteiger partial charge in [-0.15, -0.1) is 0 Å². The van der Waals surface area contributed by atoms with Crippen molar-refractivity contribution in [1.29, 1.82) is 0 Å². The second-order valence-electron chi connectivity index (χ2n) is 25.7. The molecule has 0 unspecified atom stereocenters. The number of fused-ring (bicyclic) bond motifs is 7. The van der Waals surface area contributed by atoms with Crippen LogP contribution in [0.15, 0.2) is 182 Å². The monoisotopic (exact) mass is 1020 g/mol. The predicted molar refractivity (Wildman–Crippen MR) is 324 cm³/mol. The Morgan fingerprint density at radius 2 is 1.19 bits per heavy atom. The van der Waals surface area contributed by atoms with Crippen LogP contribution in [0.4, 0.5) is 17.1 Å². The van der Waals surface area contributed by atoms with Crippen molar-refractivity contribution in [2.24, 2.45) is 0 Å². The fourth-order valence-corrected chi connectivity index (χ4v) is 12.7. The van der Waals surface area contributed by atoms with Crippen LogP contribution >= 0.6 is 0 Å². The van der Waals surface area contributed by atoms with E-state index in [9.17, 15) is 8.22 Å². The van der Waals surface area contributed by atoms with Gasteiger partial charge in [0, 0.05) is 40.4 Å². The maximum atomic E-state index is 10.3. The summed E-state index contributed by atoms with van der Waals surface area (Å²) >= 11 is 0. The summed E-state index contributed by atoms with van der Waals surface area (Å²) in [5.41, 5.74) is 10.7. The van der Waals surface area contributed by atoms with E-state index < -0.39 is 12.3 Å². The Balaban J connectivity index is 0.952. The van der Waals surface area contributed by atoms with Gasteiger partial charge in [0.25, 0.3) is 0 Å². The Hall–Kier alpha value is -7.51. The first kappa shape index (κ1) is 42.6. The van der Waals surface area contributed by atoms with E-state index in [-0.39, 0.29) is 51.9 Å². The summed E-state index contributed by atoms with van der Waals surface area (Å²) in [5.74, 6) is 4.31. The molecule has 13 rings (SSSR count). The normalized spacial score (nSPS) is 19.9. The molecule has 6 nitrogen and oxygen atoms in total. The fourth-order valence-electron chi connectivity index (χ4n) is 12.7. The van der Waals surface area contributed by atoms with Crippen molar-refractivity contribution < 1.29 is 13.0 Å². The minimum atomic E-state index is -0.545. The van der Waals surface area contributed by atoms with Crippen molar-refractivity contribution >= 4 is 56.9 Å². The molecule has 0 amide bonds. The Morgan fingerprint density at radius 3 is 1.91 bits per heavy atom. The van der Waals surface area contributed by atoms with E-state index in [1.54, 1.807) is 0 Å². The SMILES string of the molecule is [2H]c1c([2H])c2c(c([2H])c1C1=CB3C(N4CN(c5cccc(Oc6ccc7c8ccccc8n(-c8cc(C(C)(C)C)ccn8)c7c6)c5)c5ccccc54)=C(c4c([2H])c([2H])c5c(c4[2H])C(C)(C)CCC5(C)C)C=CN3C=C1)C(C)(C)CCC2(C)C. The molecule has 7 heteroatoms. The number of hydrogen-bond donors (Lipinski definition) is 0. The van der Waals surface area contributed by atoms with E-state index >= 15 is 0 Å². The van der Waals surface area contributed by atoms with Crippen LogP contribution in [0.25, 0.3) is 38.8 Å². The summed E-state index contributed by atoms with van der Waals surface area (Å²) in [4.78, 5) is 11.6. The third kappa shape index (κ3) is 8.26. The van der Waals surface area contributed by atoms with Crippen LogP contribution in [-0.4, -0.2) is 27.9 Å². The molecule has 0 bridgehead atoms. The second-order valence-corrected chi connectivity index (χ2v) is 25.7. The van der Waals surface area contributed by atoms with Gasteiger partial charge in [0.15, 0.2) is 0 Å². The number of hydrogen-bond acceptors (Lipinski definition) is 5. The molecule has 0 fully saturated rings. The Kier molecular flexibility index (Phi) is 9.68. The van der Waals surface area contributed by atoms with Gasteiger partial charge in [0.05, 0.1) is 37.3 Å². The molecular formula is C70H72BN5O. The van der Waals surface area contributed by atoms with Crippen molar-refractivity contribution in [2.75, 3.05) is 16.5 Å². The molecule has 2 aliphatic carbocycles. The quantitative estimate of drug-likeness (QED) is 0.149. The second kappa shape index (κ2) is 17.5. The zero-order chi connectivity index (χ0) is 58.6. The van der Waals surface area contributed by atoms with Crippen LogP contribution < -0.4 is 14.5 Å². The average Bonchev–Trinajstić information content (AvgIpc) is 1.76. The van der Waals surface area contributed by atoms with Gasteiger partial charge in [-0.1, -0.05) is 155 Å². The molecule has 3 aliphatic heterocycles. The Bertz CT molecular complexity index is 4220. The lowest BCUT2D eigenvalue weighted by Crippen LogP contribution is -2.44. The highest BCUT2D eigenvalue weighted by Gasteiger charge is 2.42. The molecule has 5 heterocycles. The summed E-state index contributed by atoms with van der Waals surface area (Å²) in [7, 11) is 0.